The van der Waals surface area contributed by atoms with Crippen LogP contribution in [-0.2, 0) is 16.3 Å². The molecule has 5 heteroatoms. The Hall–Kier alpha value is -1.07. The zero-order valence-corrected chi connectivity index (χ0v) is 13.2. The topological polar surface area (TPSA) is 69.4 Å². The summed E-state index contributed by atoms with van der Waals surface area (Å²) < 4.78 is 28.3. The van der Waals surface area contributed by atoms with Crippen molar-refractivity contribution in [2.75, 3.05) is 18.1 Å². The number of sulfone groups is 1. The molecule has 2 N–H and O–H groups in total. The number of rotatable bonds is 9. The third-order valence-electron chi connectivity index (χ3n) is 3.23. The van der Waals surface area contributed by atoms with Gasteiger partial charge in [-0.05, 0) is 37.0 Å². The fourth-order valence-corrected chi connectivity index (χ4v) is 2.67. The van der Waals surface area contributed by atoms with Gasteiger partial charge in [-0.1, -0.05) is 26.0 Å². The second-order valence-corrected chi connectivity index (χ2v) is 7.43. The minimum absolute atomic E-state index is 0.167. The molecule has 0 aliphatic heterocycles. The Labute approximate surface area is 122 Å². The molecule has 1 aromatic carbocycles. The second kappa shape index (κ2) is 8.27. The summed E-state index contributed by atoms with van der Waals surface area (Å²) in [5, 5.41) is 0. The maximum atomic E-state index is 11.3. The van der Waals surface area contributed by atoms with Crippen LogP contribution in [0.2, 0.25) is 0 Å². The summed E-state index contributed by atoms with van der Waals surface area (Å²) in [5.41, 5.74) is 7.08. The molecular weight excluding hydrogens is 274 g/mol. The van der Waals surface area contributed by atoms with Gasteiger partial charge in [0.1, 0.15) is 15.6 Å². The lowest BCUT2D eigenvalue weighted by Crippen LogP contribution is -2.21. The van der Waals surface area contributed by atoms with Gasteiger partial charge in [0.15, 0.2) is 0 Å². The summed E-state index contributed by atoms with van der Waals surface area (Å²) in [7, 11) is -2.90. The first kappa shape index (κ1) is 17.0. The van der Waals surface area contributed by atoms with E-state index in [0.29, 0.717) is 13.0 Å². The molecule has 1 rings (SSSR count). The number of nitrogens with two attached hydrogens (primary N) is 1. The van der Waals surface area contributed by atoms with Gasteiger partial charge in [0, 0.05) is 11.8 Å². The van der Waals surface area contributed by atoms with Crippen molar-refractivity contribution in [3.8, 4) is 5.75 Å². The van der Waals surface area contributed by atoms with Gasteiger partial charge in [0.05, 0.1) is 12.4 Å². The highest BCUT2D eigenvalue weighted by molar-refractivity contribution is 7.91. The van der Waals surface area contributed by atoms with Crippen LogP contribution in [0.25, 0.3) is 0 Å². The first-order valence-corrected chi connectivity index (χ1v) is 8.96. The fourth-order valence-electron chi connectivity index (χ4n) is 1.82. The Kier molecular flexibility index (Phi) is 7.02. The van der Waals surface area contributed by atoms with E-state index in [0.717, 1.165) is 24.2 Å². The monoisotopic (exact) mass is 299 g/mol. The minimum atomic E-state index is -2.90. The summed E-state index contributed by atoms with van der Waals surface area (Å²) in [6.07, 6.45) is 2.30. The zero-order valence-electron chi connectivity index (χ0n) is 12.3. The number of ether oxygens (including phenoxy) is 1. The molecule has 0 amide bonds. The van der Waals surface area contributed by atoms with Crippen LogP contribution in [0.3, 0.4) is 0 Å². The highest BCUT2D eigenvalue weighted by Gasteiger charge is 2.07. The first-order valence-electron chi connectivity index (χ1n) is 7.14. The van der Waals surface area contributed by atoms with Gasteiger partial charge < -0.3 is 10.5 Å². The summed E-state index contributed by atoms with van der Waals surface area (Å²) in [5.74, 6) is 1.15. The molecule has 20 heavy (non-hydrogen) atoms. The molecule has 0 spiro atoms. The maximum Gasteiger partial charge on any atom is 0.150 e. The largest absolute Gasteiger partial charge is 0.494 e. The third-order valence-corrected chi connectivity index (χ3v) is 5.02. The molecular formula is C15H25NO3S. The van der Waals surface area contributed by atoms with Gasteiger partial charge in [-0.3, -0.25) is 0 Å². The van der Waals surface area contributed by atoms with Crippen LogP contribution < -0.4 is 10.5 Å². The van der Waals surface area contributed by atoms with Crippen molar-refractivity contribution in [3.63, 3.8) is 0 Å². The Morgan fingerprint density at radius 3 is 2.70 bits per heavy atom. The second-order valence-electron chi connectivity index (χ2n) is 4.96. The molecule has 0 aromatic heterocycles. The van der Waals surface area contributed by atoms with Crippen LogP contribution >= 0.6 is 0 Å². The fraction of sp³-hybridized carbons (Fsp3) is 0.600. The summed E-state index contributed by atoms with van der Waals surface area (Å²) in [6.45, 7) is 4.15. The van der Waals surface area contributed by atoms with E-state index >= 15 is 0 Å². The highest BCUT2D eigenvalue weighted by atomic mass is 32.2. The first-order chi connectivity index (χ1) is 9.46. The number of hydrogen-bond acceptors (Lipinski definition) is 4. The van der Waals surface area contributed by atoms with Crippen molar-refractivity contribution < 1.29 is 13.2 Å². The molecule has 1 atom stereocenters. The Balaban J connectivity index is 2.43. The lowest BCUT2D eigenvalue weighted by Gasteiger charge is -2.11. The van der Waals surface area contributed by atoms with Gasteiger partial charge in [0.25, 0.3) is 0 Å². The standard InChI is InChI=1S/C15H25NO3S/c1-3-14(16)11-13-7-5-8-15(12-13)19-9-6-10-20(17,18)4-2/h5,7-8,12,14H,3-4,6,9-11,16H2,1-2H3. The van der Waals surface area contributed by atoms with E-state index < -0.39 is 9.84 Å². The van der Waals surface area contributed by atoms with E-state index in [4.69, 9.17) is 10.5 Å². The molecule has 0 radical (unpaired) electrons. The van der Waals surface area contributed by atoms with E-state index in [9.17, 15) is 8.42 Å². The van der Waals surface area contributed by atoms with Crippen LogP contribution in [0.5, 0.6) is 5.75 Å². The zero-order chi connectivity index (χ0) is 15.0. The average molecular weight is 299 g/mol. The summed E-state index contributed by atoms with van der Waals surface area (Å²) in [6, 6.07) is 8.00. The van der Waals surface area contributed by atoms with E-state index in [-0.39, 0.29) is 17.5 Å². The van der Waals surface area contributed by atoms with Gasteiger partial charge >= 0.3 is 0 Å². The van der Waals surface area contributed by atoms with Crippen molar-refractivity contribution in [2.45, 2.75) is 39.2 Å². The normalized spacial score (nSPS) is 13.2. The summed E-state index contributed by atoms with van der Waals surface area (Å²) in [4.78, 5) is 0. The summed E-state index contributed by atoms with van der Waals surface area (Å²) >= 11 is 0. The van der Waals surface area contributed by atoms with Crippen molar-refractivity contribution in [1.29, 1.82) is 0 Å². The predicted octanol–water partition coefficient (Wildman–Crippen LogP) is 2.17. The van der Waals surface area contributed by atoms with E-state index in [1.165, 1.54) is 0 Å². The van der Waals surface area contributed by atoms with Crippen LogP contribution in [-0.4, -0.2) is 32.6 Å². The Morgan fingerprint density at radius 2 is 2.05 bits per heavy atom. The smallest absolute Gasteiger partial charge is 0.150 e. The van der Waals surface area contributed by atoms with Gasteiger partial charge in [0.2, 0.25) is 0 Å². The lowest BCUT2D eigenvalue weighted by molar-refractivity contribution is 0.317. The maximum absolute atomic E-state index is 11.3. The number of hydrogen-bond donors (Lipinski definition) is 1. The van der Waals surface area contributed by atoms with Crippen molar-refractivity contribution in [2.24, 2.45) is 5.73 Å². The molecule has 0 heterocycles. The van der Waals surface area contributed by atoms with Crippen LogP contribution in [0.1, 0.15) is 32.3 Å². The third kappa shape index (κ3) is 6.39. The van der Waals surface area contributed by atoms with E-state index in [1.807, 2.05) is 24.3 Å². The molecule has 4 nitrogen and oxygen atoms in total. The number of benzene rings is 1. The van der Waals surface area contributed by atoms with E-state index in [1.54, 1.807) is 6.92 Å². The van der Waals surface area contributed by atoms with Gasteiger partial charge in [-0.15, -0.1) is 0 Å². The predicted molar refractivity (Wildman–Crippen MR) is 82.9 cm³/mol. The molecule has 1 unspecified atom stereocenters. The van der Waals surface area contributed by atoms with Crippen molar-refractivity contribution in [1.82, 2.24) is 0 Å². The Bertz CT molecular complexity index is 500. The average Bonchev–Trinajstić information content (AvgIpc) is 2.44. The molecule has 0 saturated carbocycles. The van der Waals surface area contributed by atoms with Crippen molar-refractivity contribution in [3.05, 3.63) is 29.8 Å². The lowest BCUT2D eigenvalue weighted by atomic mass is 10.0. The molecule has 0 aliphatic rings. The minimum Gasteiger partial charge on any atom is -0.494 e. The SMILES string of the molecule is CCC(N)Cc1cccc(OCCCS(=O)(=O)CC)c1. The molecule has 1 aromatic rings. The van der Waals surface area contributed by atoms with E-state index in [2.05, 4.69) is 6.92 Å². The highest BCUT2D eigenvalue weighted by Crippen LogP contribution is 2.15. The molecule has 0 saturated heterocycles. The molecule has 0 bridgehead atoms. The molecule has 114 valence electrons. The Morgan fingerprint density at radius 1 is 1.30 bits per heavy atom. The molecule has 0 fully saturated rings. The van der Waals surface area contributed by atoms with Gasteiger partial charge in [-0.25, -0.2) is 8.42 Å². The van der Waals surface area contributed by atoms with Crippen molar-refractivity contribution >= 4 is 9.84 Å². The quantitative estimate of drug-likeness (QED) is 0.710. The van der Waals surface area contributed by atoms with Gasteiger partial charge in [-0.2, -0.15) is 0 Å². The molecule has 0 aliphatic carbocycles. The van der Waals surface area contributed by atoms with Crippen LogP contribution in [0.15, 0.2) is 24.3 Å². The van der Waals surface area contributed by atoms with Crippen LogP contribution in [0, 0.1) is 0 Å². The van der Waals surface area contributed by atoms with Crippen LogP contribution in [0.4, 0.5) is 0 Å².